The second-order valence-corrected chi connectivity index (χ2v) is 7.35. The quantitative estimate of drug-likeness (QED) is 0.803. The Morgan fingerprint density at radius 1 is 1.00 bits per heavy atom. The van der Waals surface area contributed by atoms with Gasteiger partial charge in [0, 0.05) is 0 Å². The lowest BCUT2D eigenvalue weighted by Crippen LogP contribution is -2.24. The van der Waals surface area contributed by atoms with Crippen LogP contribution in [-0.2, 0) is 15.6 Å². The highest BCUT2D eigenvalue weighted by molar-refractivity contribution is 5.87. The van der Waals surface area contributed by atoms with Crippen molar-refractivity contribution in [2.45, 2.75) is 59.3 Å². The van der Waals surface area contributed by atoms with Crippen LogP contribution in [-0.4, -0.2) is 13.2 Å². The molecule has 0 spiro atoms. The molecule has 3 heteroatoms. The van der Waals surface area contributed by atoms with Crippen molar-refractivity contribution in [1.29, 1.82) is 0 Å². The number of nitrogens with one attached hydrogen (secondary N) is 1. The fourth-order valence-electron chi connectivity index (χ4n) is 2.26. The molecule has 0 bridgehead atoms. The molecular formula is C17H27NO2. The predicted octanol–water partition coefficient (Wildman–Crippen LogP) is 4.77. The van der Waals surface area contributed by atoms with Gasteiger partial charge in [-0.3, -0.25) is 5.32 Å². The summed E-state index contributed by atoms with van der Waals surface area (Å²) in [5.74, 6) is 0. The van der Waals surface area contributed by atoms with Crippen molar-refractivity contribution in [2.24, 2.45) is 0 Å². The minimum absolute atomic E-state index is 0.0532. The van der Waals surface area contributed by atoms with Crippen molar-refractivity contribution in [3.63, 3.8) is 0 Å². The molecule has 0 aliphatic rings. The Bertz CT molecular complexity index is 470. The number of hydrogen-bond donors (Lipinski definition) is 1. The minimum atomic E-state index is -0.426. The maximum atomic E-state index is 11.7. The third-order valence-electron chi connectivity index (χ3n) is 3.31. The molecule has 0 aliphatic heterocycles. The lowest BCUT2D eigenvalue weighted by atomic mass is 9.77. The monoisotopic (exact) mass is 277 g/mol. The highest BCUT2D eigenvalue weighted by Gasteiger charge is 2.27. The fraction of sp³-hybridized carbons (Fsp3) is 0.588. The van der Waals surface area contributed by atoms with Gasteiger partial charge in [0.25, 0.3) is 0 Å². The average Bonchev–Trinajstić information content (AvgIpc) is 2.27. The van der Waals surface area contributed by atoms with Gasteiger partial charge in [-0.15, -0.1) is 0 Å². The van der Waals surface area contributed by atoms with E-state index in [1.807, 2.05) is 0 Å². The molecule has 0 heterocycles. The number of anilines is 1. The van der Waals surface area contributed by atoms with E-state index in [9.17, 15) is 4.79 Å². The third kappa shape index (κ3) is 3.75. The summed E-state index contributed by atoms with van der Waals surface area (Å²) < 4.78 is 4.77. The van der Waals surface area contributed by atoms with Crippen LogP contribution in [0, 0.1) is 6.92 Å². The van der Waals surface area contributed by atoms with Gasteiger partial charge in [0.15, 0.2) is 0 Å². The highest BCUT2D eigenvalue weighted by Crippen LogP contribution is 2.38. The molecule has 112 valence electrons. The number of carbonyl (C=O) groups is 1. The molecule has 1 amide bonds. The number of rotatable bonds is 1. The van der Waals surface area contributed by atoms with E-state index in [1.165, 1.54) is 12.7 Å². The van der Waals surface area contributed by atoms with Crippen LogP contribution in [0.3, 0.4) is 0 Å². The van der Waals surface area contributed by atoms with Crippen LogP contribution in [0.2, 0.25) is 0 Å². The molecule has 0 radical (unpaired) electrons. The first kappa shape index (κ1) is 16.5. The molecule has 0 saturated carbocycles. The second-order valence-electron chi connectivity index (χ2n) is 7.35. The van der Waals surface area contributed by atoms with Crippen LogP contribution in [0.5, 0.6) is 0 Å². The predicted molar refractivity (Wildman–Crippen MR) is 84.6 cm³/mol. The SMILES string of the molecule is COC(=O)Nc1c(C(C)(C)C)cc(C)cc1C(C)(C)C. The number of aryl methyl sites for hydroxylation is 1. The van der Waals surface area contributed by atoms with Crippen molar-refractivity contribution >= 4 is 11.8 Å². The van der Waals surface area contributed by atoms with E-state index < -0.39 is 6.09 Å². The topological polar surface area (TPSA) is 38.3 Å². The van der Waals surface area contributed by atoms with Crippen molar-refractivity contribution in [1.82, 2.24) is 0 Å². The smallest absolute Gasteiger partial charge is 0.411 e. The van der Waals surface area contributed by atoms with Gasteiger partial charge in [0.2, 0.25) is 0 Å². The molecule has 0 fully saturated rings. The highest BCUT2D eigenvalue weighted by atomic mass is 16.5. The summed E-state index contributed by atoms with van der Waals surface area (Å²) >= 11 is 0. The molecule has 20 heavy (non-hydrogen) atoms. The maximum absolute atomic E-state index is 11.7. The van der Waals surface area contributed by atoms with Crippen molar-refractivity contribution in [3.8, 4) is 0 Å². The number of amides is 1. The average molecular weight is 277 g/mol. The van der Waals surface area contributed by atoms with Gasteiger partial charge in [-0.2, -0.15) is 0 Å². The Labute approximate surface area is 122 Å². The molecule has 0 unspecified atom stereocenters. The summed E-state index contributed by atoms with van der Waals surface area (Å²) in [5.41, 5.74) is 4.24. The molecule has 0 saturated heterocycles. The van der Waals surface area contributed by atoms with E-state index in [1.54, 1.807) is 0 Å². The normalized spacial score (nSPS) is 12.2. The molecule has 1 rings (SSSR count). The Morgan fingerprint density at radius 3 is 1.70 bits per heavy atom. The fourth-order valence-corrected chi connectivity index (χ4v) is 2.26. The van der Waals surface area contributed by atoms with E-state index in [-0.39, 0.29) is 10.8 Å². The first-order valence-electron chi connectivity index (χ1n) is 6.97. The van der Waals surface area contributed by atoms with Crippen LogP contribution in [0.15, 0.2) is 12.1 Å². The van der Waals surface area contributed by atoms with Crippen molar-refractivity contribution in [2.75, 3.05) is 12.4 Å². The van der Waals surface area contributed by atoms with Gasteiger partial charge in [-0.1, -0.05) is 59.2 Å². The summed E-state index contributed by atoms with van der Waals surface area (Å²) in [7, 11) is 1.39. The molecule has 1 aromatic carbocycles. The van der Waals surface area contributed by atoms with Gasteiger partial charge in [0.1, 0.15) is 0 Å². The lowest BCUT2D eigenvalue weighted by Gasteiger charge is -2.30. The van der Waals surface area contributed by atoms with Gasteiger partial charge < -0.3 is 4.74 Å². The summed E-state index contributed by atoms with van der Waals surface area (Å²) in [5, 5.41) is 2.91. The summed E-state index contributed by atoms with van der Waals surface area (Å²) in [6, 6.07) is 4.28. The molecule has 0 atom stereocenters. The van der Waals surface area contributed by atoms with Crippen LogP contribution >= 0.6 is 0 Å². The molecule has 1 N–H and O–H groups in total. The van der Waals surface area contributed by atoms with Gasteiger partial charge in [-0.25, -0.2) is 4.79 Å². The summed E-state index contributed by atoms with van der Waals surface area (Å²) in [6.07, 6.45) is -0.426. The van der Waals surface area contributed by atoms with E-state index in [4.69, 9.17) is 4.74 Å². The second kappa shape index (κ2) is 5.47. The first-order valence-corrected chi connectivity index (χ1v) is 6.97. The zero-order valence-corrected chi connectivity index (χ0v) is 14.0. The molecule has 1 aromatic rings. The zero-order chi connectivity index (χ0) is 15.7. The Morgan fingerprint density at radius 2 is 1.40 bits per heavy atom. The van der Waals surface area contributed by atoms with Crippen LogP contribution in [0.1, 0.15) is 58.2 Å². The number of methoxy groups -OCH3 is 1. The maximum Gasteiger partial charge on any atom is 0.411 e. The number of ether oxygens (including phenoxy) is 1. The van der Waals surface area contributed by atoms with Crippen molar-refractivity contribution < 1.29 is 9.53 Å². The molecule has 3 nitrogen and oxygen atoms in total. The number of carbonyl (C=O) groups excluding carboxylic acids is 1. The van der Waals surface area contributed by atoms with E-state index >= 15 is 0 Å². The van der Waals surface area contributed by atoms with Gasteiger partial charge in [0.05, 0.1) is 12.8 Å². The van der Waals surface area contributed by atoms with Gasteiger partial charge in [-0.05, 0) is 28.9 Å². The lowest BCUT2D eigenvalue weighted by molar-refractivity contribution is 0.187. The minimum Gasteiger partial charge on any atom is -0.453 e. The summed E-state index contributed by atoms with van der Waals surface area (Å²) in [6.45, 7) is 15.0. The van der Waals surface area contributed by atoms with Crippen LogP contribution < -0.4 is 5.32 Å². The largest absolute Gasteiger partial charge is 0.453 e. The zero-order valence-electron chi connectivity index (χ0n) is 14.0. The first-order chi connectivity index (χ1) is 8.96. The molecular weight excluding hydrogens is 250 g/mol. The number of hydrogen-bond acceptors (Lipinski definition) is 2. The molecule has 0 aliphatic carbocycles. The van der Waals surface area contributed by atoms with E-state index in [0.717, 1.165) is 16.8 Å². The van der Waals surface area contributed by atoms with Gasteiger partial charge >= 0.3 is 6.09 Å². The van der Waals surface area contributed by atoms with Crippen LogP contribution in [0.25, 0.3) is 0 Å². The Hall–Kier alpha value is -1.51. The van der Waals surface area contributed by atoms with E-state index in [0.29, 0.717) is 0 Å². The Kier molecular flexibility index (Phi) is 4.52. The van der Waals surface area contributed by atoms with Crippen molar-refractivity contribution in [3.05, 3.63) is 28.8 Å². The summed E-state index contributed by atoms with van der Waals surface area (Å²) in [4.78, 5) is 11.7. The third-order valence-corrected chi connectivity index (χ3v) is 3.31. The Balaban J connectivity index is 3.58. The van der Waals surface area contributed by atoms with E-state index in [2.05, 4.69) is 65.9 Å². The number of benzene rings is 1. The van der Waals surface area contributed by atoms with Crippen LogP contribution in [0.4, 0.5) is 10.5 Å². The molecule has 0 aromatic heterocycles. The standard InChI is InChI=1S/C17H27NO2/c1-11-9-12(16(2,3)4)14(18-15(19)20-8)13(10-11)17(5,6)7/h9-10H,1-8H3,(H,18,19).